The van der Waals surface area contributed by atoms with Gasteiger partial charge >= 0.3 is 0 Å². The normalized spacial score (nSPS) is 22.2. The molecule has 1 atom stereocenters. The Labute approximate surface area is 94.3 Å². The Kier molecular flexibility index (Phi) is 3.16. The summed E-state index contributed by atoms with van der Waals surface area (Å²) in [5.41, 5.74) is 11.1. The quantitative estimate of drug-likeness (QED) is 0.580. The monoisotopic (exact) mass is 223 g/mol. The average molecular weight is 223 g/mol. The molecule has 1 saturated heterocycles. The molecule has 0 saturated carbocycles. The Hall–Kier alpha value is -1.47. The van der Waals surface area contributed by atoms with E-state index in [0.29, 0.717) is 18.4 Å². The molecule has 0 aliphatic carbocycles. The van der Waals surface area contributed by atoms with Crippen molar-refractivity contribution < 1.29 is 0 Å². The summed E-state index contributed by atoms with van der Waals surface area (Å²) in [5.74, 6) is 1.01. The molecule has 0 spiro atoms. The Balaban J connectivity index is 2.07. The molecule has 88 valence electrons. The van der Waals surface area contributed by atoms with Crippen molar-refractivity contribution in [1.29, 1.82) is 0 Å². The smallest absolute Gasteiger partial charge is 0.225 e. The molecule has 1 aliphatic rings. The number of anilines is 2. The van der Waals surface area contributed by atoms with E-state index in [1.165, 1.54) is 0 Å². The second kappa shape index (κ2) is 4.58. The molecule has 0 bridgehead atoms. The summed E-state index contributed by atoms with van der Waals surface area (Å²) >= 11 is 0. The summed E-state index contributed by atoms with van der Waals surface area (Å²) in [6, 6.07) is 0.466. The van der Waals surface area contributed by atoms with E-state index in [2.05, 4.69) is 32.1 Å². The molecule has 2 rings (SSSR count). The Morgan fingerprint density at radius 3 is 2.62 bits per heavy atom. The molecular formula is C9H17N7. The lowest BCUT2D eigenvalue weighted by molar-refractivity contribution is 0.161. The van der Waals surface area contributed by atoms with E-state index >= 15 is 0 Å². The van der Waals surface area contributed by atoms with Crippen LogP contribution in [-0.4, -0.2) is 45.5 Å². The topological polar surface area (TPSA) is 106 Å². The third-order valence-corrected chi connectivity index (χ3v) is 2.70. The molecule has 1 aliphatic heterocycles. The fourth-order valence-electron chi connectivity index (χ4n) is 1.83. The highest BCUT2D eigenvalue weighted by Gasteiger charge is 2.19. The Morgan fingerprint density at radius 1 is 1.31 bits per heavy atom. The maximum Gasteiger partial charge on any atom is 0.225 e. The number of nitrogens with two attached hydrogens (primary N) is 2. The summed E-state index contributed by atoms with van der Waals surface area (Å²) < 4.78 is 0. The van der Waals surface area contributed by atoms with Gasteiger partial charge in [0.15, 0.2) is 0 Å². The van der Waals surface area contributed by atoms with Crippen molar-refractivity contribution in [3.8, 4) is 0 Å². The SMILES string of the molecule is C[C@@H]1CNCCN1Cc1nc(N)nc(N)n1. The number of nitrogens with one attached hydrogen (secondary N) is 1. The second-order valence-electron chi connectivity index (χ2n) is 3.99. The maximum atomic E-state index is 5.53. The average Bonchev–Trinajstić information content (AvgIpc) is 2.20. The zero-order valence-electron chi connectivity index (χ0n) is 9.35. The first-order chi connectivity index (χ1) is 7.65. The van der Waals surface area contributed by atoms with Gasteiger partial charge in [0.2, 0.25) is 11.9 Å². The lowest BCUT2D eigenvalue weighted by atomic mass is 10.2. The third-order valence-electron chi connectivity index (χ3n) is 2.70. The van der Waals surface area contributed by atoms with E-state index in [1.54, 1.807) is 0 Å². The van der Waals surface area contributed by atoms with Crippen molar-refractivity contribution in [1.82, 2.24) is 25.2 Å². The number of nitrogen functional groups attached to an aromatic ring is 2. The predicted octanol–water partition coefficient (Wildman–Crippen LogP) is -1.17. The number of nitrogens with zero attached hydrogens (tertiary/aromatic N) is 4. The fraction of sp³-hybridized carbons (Fsp3) is 0.667. The summed E-state index contributed by atoms with van der Waals surface area (Å²) in [6.07, 6.45) is 0. The van der Waals surface area contributed by atoms with Gasteiger partial charge in [0.05, 0.1) is 6.54 Å². The van der Waals surface area contributed by atoms with Gasteiger partial charge in [0.25, 0.3) is 0 Å². The van der Waals surface area contributed by atoms with E-state index in [1.807, 2.05) is 0 Å². The first-order valence-corrected chi connectivity index (χ1v) is 5.36. The van der Waals surface area contributed by atoms with E-state index < -0.39 is 0 Å². The molecule has 5 N–H and O–H groups in total. The molecule has 7 heteroatoms. The van der Waals surface area contributed by atoms with Crippen molar-refractivity contribution in [3.05, 3.63) is 5.82 Å². The lowest BCUT2D eigenvalue weighted by Crippen LogP contribution is -2.49. The molecule has 1 fully saturated rings. The fourth-order valence-corrected chi connectivity index (χ4v) is 1.83. The lowest BCUT2D eigenvalue weighted by Gasteiger charge is -2.33. The molecule has 0 unspecified atom stereocenters. The van der Waals surface area contributed by atoms with Gasteiger partial charge in [-0.3, -0.25) is 4.90 Å². The van der Waals surface area contributed by atoms with Crippen LogP contribution >= 0.6 is 0 Å². The van der Waals surface area contributed by atoms with E-state index in [0.717, 1.165) is 19.6 Å². The summed E-state index contributed by atoms with van der Waals surface area (Å²) in [5, 5.41) is 3.33. The first-order valence-electron chi connectivity index (χ1n) is 5.36. The van der Waals surface area contributed by atoms with Gasteiger partial charge in [-0.05, 0) is 6.92 Å². The van der Waals surface area contributed by atoms with Gasteiger partial charge in [0, 0.05) is 25.7 Å². The maximum absolute atomic E-state index is 5.53. The molecule has 2 heterocycles. The van der Waals surface area contributed by atoms with Crippen molar-refractivity contribution >= 4 is 11.9 Å². The van der Waals surface area contributed by atoms with Gasteiger partial charge in [-0.2, -0.15) is 15.0 Å². The van der Waals surface area contributed by atoms with Crippen LogP contribution in [0.3, 0.4) is 0 Å². The molecule has 0 aromatic carbocycles. The van der Waals surface area contributed by atoms with Crippen molar-refractivity contribution in [2.75, 3.05) is 31.1 Å². The van der Waals surface area contributed by atoms with Crippen LogP contribution in [0.1, 0.15) is 12.7 Å². The van der Waals surface area contributed by atoms with Gasteiger partial charge in [0.1, 0.15) is 5.82 Å². The molecule has 7 nitrogen and oxygen atoms in total. The summed E-state index contributed by atoms with van der Waals surface area (Å²) in [4.78, 5) is 14.2. The molecule has 0 radical (unpaired) electrons. The van der Waals surface area contributed by atoms with Crippen LogP contribution < -0.4 is 16.8 Å². The Bertz CT molecular complexity index is 347. The molecule has 1 aromatic rings. The van der Waals surface area contributed by atoms with Crippen LogP contribution in [0.2, 0.25) is 0 Å². The van der Waals surface area contributed by atoms with E-state index in [4.69, 9.17) is 11.5 Å². The summed E-state index contributed by atoms with van der Waals surface area (Å²) in [7, 11) is 0. The number of piperazine rings is 1. The van der Waals surface area contributed by atoms with Crippen LogP contribution in [0.4, 0.5) is 11.9 Å². The van der Waals surface area contributed by atoms with Gasteiger partial charge in [-0.1, -0.05) is 0 Å². The van der Waals surface area contributed by atoms with Crippen molar-refractivity contribution in [2.24, 2.45) is 0 Å². The first kappa shape index (κ1) is 11.0. The van der Waals surface area contributed by atoms with E-state index in [-0.39, 0.29) is 11.9 Å². The summed E-state index contributed by atoms with van der Waals surface area (Å²) in [6.45, 7) is 5.78. The van der Waals surface area contributed by atoms with Crippen LogP contribution in [0.15, 0.2) is 0 Å². The van der Waals surface area contributed by atoms with Gasteiger partial charge in [-0.15, -0.1) is 0 Å². The zero-order valence-corrected chi connectivity index (χ0v) is 9.35. The highest BCUT2D eigenvalue weighted by atomic mass is 15.2. The number of hydrogen-bond donors (Lipinski definition) is 3. The minimum Gasteiger partial charge on any atom is -0.368 e. The van der Waals surface area contributed by atoms with E-state index in [9.17, 15) is 0 Å². The van der Waals surface area contributed by atoms with Gasteiger partial charge in [-0.25, -0.2) is 0 Å². The van der Waals surface area contributed by atoms with Gasteiger partial charge < -0.3 is 16.8 Å². The largest absolute Gasteiger partial charge is 0.368 e. The predicted molar refractivity (Wildman–Crippen MR) is 61.4 cm³/mol. The second-order valence-corrected chi connectivity index (χ2v) is 3.99. The number of hydrogen-bond acceptors (Lipinski definition) is 7. The number of rotatable bonds is 2. The minimum absolute atomic E-state index is 0.185. The highest BCUT2D eigenvalue weighted by molar-refractivity contribution is 5.25. The molecule has 0 amide bonds. The van der Waals surface area contributed by atoms with Crippen LogP contribution in [-0.2, 0) is 6.54 Å². The molecular weight excluding hydrogens is 206 g/mol. The third kappa shape index (κ3) is 2.56. The van der Waals surface area contributed by atoms with Crippen molar-refractivity contribution in [2.45, 2.75) is 19.5 Å². The minimum atomic E-state index is 0.185. The van der Waals surface area contributed by atoms with Crippen LogP contribution in [0, 0.1) is 0 Å². The highest BCUT2D eigenvalue weighted by Crippen LogP contribution is 2.08. The molecule has 16 heavy (non-hydrogen) atoms. The van der Waals surface area contributed by atoms with Crippen LogP contribution in [0.5, 0.6) is 0 Å². The zero-order chi connectivity index (χ0) is 11.5. The van der Waals surface area contributed by atoms with Crippen molar-refractivity contribution in [3.63, 3.8) is 0 Å². The standard InChI is InChI=1S/C9H17N7/c1-6-4-12-2-3-16(6)5-7-13-8(10)15-9(11)14-7/h6,12H,2-5H2,1H3,(H4,10,11,13,14,15)/t6-/m1/s1. The van der Waals surface area contributed by atoms with Crippen LogP contribution in [0.25, 0.3) is 0 Å². The number of aromatic nitrogens is 3. The molecule has 1 aromatic heterocycles. The Morgan fingerprint density at radius 2 is 2.00 bits per heavy atom.